The summed E-state index contributed by atoms with van der Waals surface area (Å²) in [6, 6.07) is 9.76. The number of benzene rings is 2. The number of imidazole rings is 1. The van der Waals surface area contributed by atoms with Gasteiger partial charge < -0.3 is 30.1 Å². The van der Waals surface area contributed by atoms with E-state index in [0.29, 0.717) is 33.8 Å². The van der Waals surface area contributed by atoms with Crippen LogP contribution in [0.3, 0.4) is 0 Å². The van der Waals surface area contributed by atoms with Gasteiger partial charge in [0.2, 0.25) is 12.7 Å². The van der Waals surface area contributed by atoms with E-state index in [1.807, 2.05) is 0 Å². The molecule has 9 heteroatoms. The average molecular weight is 354 g/mol. The molecule has 3 aromatic rings. The lowest BCUT2D eigenvalue weighted by molar-refractivity contribution is -0.115. The molecule has 1 aromatic heterocycles. The molecule has 0 aliphatic carbocycles. The fourth-order valence-electron chi connectivity index (χ4n) is 2.62. The molecular formula is C17H14N4O5. The number of aromatic amines is 2. The van der Waals surface area contributed by atoms with Crippen LogP contribution in [0.15, 0.2) is 41.2 Å². The summed E-state index contributed by atoms with van der Waals surface area (Å²) in [4.78, 5) is 40.6. The molecule has 0 spiro atoms. The maximum Gasteiger partial charge on any atom is 0.323 e. The second-order valence-corrected chi connectivity index (χ2v) is 5.64. The van der Waals surface area contributed by atoms with Crippen molar-refractivity contribution >= 4 is 28.5 Å². The van der Waals surface area contributed by atoms with Gasteiger partial charge >= 0.3 is 5.69 Å². The van der Waals surface area contributed by atoms with Gasteiger partial charge in [0.25, 0.3) is 5.91 Å². The van der Waals surface area contributed by atoms with Crippen molar-refractivity contribution in [1.29, 1.82) is 0 Å². The van der Waals surface area contributed by atoms with Crippen LogP contribution < -0.4 is 25.8 Å². The van der Waals surface area contributed by atoms with Crippen molar-refractivity contribution < 1.29 is 19.1 Å². The highest BCUT2D eigenvalue weighted by Crippen LogP contribution is 2.32. The standard InChI is InChI=1S/C17H14N4O5/c22-15(19-10-2-3-11-12(6-10)21-17(24)20-11)7-18-16(23)9-1-4-13-14(5-9)26-8-25-13/h1-6H,7-8H2,(H,18,23)(H,19,22)(H2,20,21,24). The van der Waals surface area contributed by atoms with Crippen molar-refractivity contribution in [1.82, 2.24) is 15.3 Å². The summed E-state index contributed by atoms with van der Waals surface area (Å²) in [6.45, 7) is -0.0749. The molecule has 1 aliphatic rings. The maximum atomic E-state index is 12.1. The molecule has 2 heterocycles. The van der Waals surface area contributed by atoms with E-state index in [1.54, 1.807) is 36.4 Å². The number of ether oxygens (including phenoxy) is 2. The van der Waals surface area contributed by atoms with Crippen LogP contribution in [0.2, 0.25) is 0 Å². The average Bonchev–Trinajstić information content (AvgIpc) is 3.23. The quantitative estimate of drug-likeness (QED) is 0.555. The molecule has 0 unspecified atom stereocenters. The van der Waals surface area contributed by atoms with Crippen LogP contribution in [-0.4, -0.2) is 35.1 Å². The molecule has 9 nitrogen and oxygen atoms in total. The van der Waals surface area contributed by atoms with E-state index in [0.717, 1.165) is 0 Å². The summed E-state index contributed by atoms with van der Waals surface area (Å²) < 4.78 is 10.4. The molecule has 132 valence electrons. The van der Waals surface area contributed by atoms with E-state index in [1.165, 1.54) is 0 Å². The zero-order valence-electron chi connectivity index (χ0n) is 13.4. The lowest BCUT2D eigenvalue weighted by Crippen LogP contribution is -2.32. The molecule has 4 N–H and O–H groups in total. The minimum absolute atomic E-state index is 0.125. The molecule has 26 heavy (non-hydrogen) atoms. The largest absolute Gasteiger partial charge is 0.454 e. The highest BCUT2D eigenvalue weighted by atomic mass is 16.7. The Balaban J connectivity index is 1.36. The summed E-state index contributed by atoms with van der Waals surface area (Å²) >= 11 is 0. The summed E-state index contributed by atoms with van der Waals surface area (Å²) in [6.07, 6.45) is 0. The third-order valence-electron chi connectivity index (χ3n) is 3.84. The number of carbonyl (C=O) groups excluding carboxylic acids is 2. The minimum atomic E-state index is -0.399. The Morgan fingerprint density at radius 2 is 1.81 bits per heavy atom. The van der Waals surface area contributed by atoms with Crippen molar-refractivity contribution in [2.45, 2.75) is 0 Å². The number of amides is 2. The second kappa shape index (κ2) is 6.28. The Kier molecular flexibility index (Phi) is 3.81. The Hall–Kier alpha value is -3.75. The van der Waals surface area contributed by atoms with Gasteiger partial charge in [-0.1, -0.05) is 0 Å². The number of hydrogen-bond donors (Lipinski definition) is 4. The van der Waals surface area contributed by atoms with E-state index >= 15 is 0 Å². The molecular weight excluding hydrogens is 340 g/mol. The maximum absolute atomic E-state index is 12.1. The monoisotopic (exact) mass is 354 g/mol. The predicted octanol–water partition coefficient (Wildman–Crippen LogP) is 0.953. The smallest absolute Gasteiger partial charge is 0.323 e. The van der Waals surface area contributed by atoms with Crippen LogP contribution in [-0.2, 0) is 4.79 Å². The molecule has 0 radical (unpaired) electrons. The first-order valence-electron chi connectivity index (χ1n) is 7.78. The number of fused-ring (bicyclic) bond motifs is 2. The molecule has 1 aliphatic heterocycles. The fraction of sp³-hybridized carbons (Fsp3) is 0.118. The molecule has 0 saturated carbocycles. The Morgan fingerprint density at radius 3 is 2.69 bits per heavy atom. The van der Waals surface area contributed by atoms with E-state index in [2.05, 4.69) is 20.6 Å². The van der Waals surface area contributed by atoms with Gasteiger partial charge in [0, 0.05) is 11.3 Å². The van der Waals surface area contributed by atoms with Crippen molar-refractivity contribution in [3.05, 3.63) is 52.4 Å². The van der Waals surface area contributed by atoms with E-state index < -0.39 is 11.8 Å². The van der Waals surface area contributed by atoms with Crippen LogP contribution >= 0.6 is 0 Å². The number of nitrogens with one attached hydrogen (secondary N) is 4. The van der Waals surface area contributed by atoms with Gasteiger partial charge in [0.1, 0.15) is 0 Å². The fourth-order valence-corrected chi connectivity index (χ4v) is 2.62. The summed E-state index contributed by atoms with van der Waals surface area (Å²) in [5, 5.41) is 5.20. The lowest BCUT2D eigenvalue weighted by Gasteiger charge is -2.07. The number of carbonyl (C=O) groups is 2. The number of aromatic nitrogens is 2. The molecule has 0 fully saturated rings. The van der Waals surface area contributed by atoms with Crippen LogP contribution in [0, 0.1) is 0 Å². The Labute approximate surface area is 146 Å². The van der Waals surface area contributed by atoms with Crippen LogP contribution in [0.4, 0.5) is 5.69 Å². The van der Waals surface area contributed by atoms with Crippen molar-refractivity contribution in [2.75, 3.05) is 18.7 Å². The Bertz CT molecular complexity index is 1070. The molecule has 0 atom stereocenters. The second-order valence-electron chi connectivity index (χ2n) is 5.64. The van der Waals surface area contributed by atoms with Gasteiger partial charge in [-0.3, -0.25) is 9.59 Å². The zero-order valence-corrected chi connectivity index (χ0v) is 13.4. The van der Waals surface area contributed by atoms with E-state index in [-0.39, 0.29) is 19.0 Å². The van der Waals surface area contributed by atoms with Crippen molar-refractivity contribution in [3.63, 3.8) is 0 Å². The first-order valence-corrected chi connectivity index (χ1v) is 7.78. The molecule has 2 aromatic carbocycles. The van der Waals surface area contributed by atoms with Crippen LogP contribution in [0.1, 0.15) is 10.4 Å². The highest BCUT2D eigenvalue weighted by molar-refractivity contribution is 6.00. The Morgan fingerprint density at radius 1 is 1.00 bits per heavy atom. The number of hydrogen-bond acceptors (Lipinski definition) is 5. The highest BCUT2D eigenvalue weighted by Gasteiger charge is 2.16. The van der Waals surface area contributed by atoms with Gasteiger partial charge in [-0.15, -0.1) is 0 Å². The van der Waals surface area contributed by atoms with Gasteiger partial charge in [-0.2, -0.15) is 0 Å². The summed E-state index contributed by atoms with van der Waals surface area (Å²) in [5.41, 5.74) is 1.78. The minimum Gasteiger partial charge on any atom is -0.454 e. The number of rotatable bonds is 4. The van der Waals surface area contributed by atoms with Crippen LogP contribution in [0.25, 0.3) is 11.0 Å². The van der Waals surface area contributed by atoms with Gasteiger partial charge in [-0.05, 0) is 36.4 Å². The van der Waals surface area contributed by atoms with Crippen LogP contribution in [0.5, 0.6) is 11.5 Å². The normalized spacial score (nSPS) is 12.2. The van der Waals surface area contributed by atoms with Gasteiger partial charge in [-0.25, -0.2) is 4.79 Å². The first kappa shape index (κ1) is 15.8. The van der Waals surface area contributed by atoms with Gasteiger partial charge in [0.15, 0.2) is 11.5 Å². The topological polar surface area (TPSA) is 125 Å². The number of H-pyrrole nitrogens is 2. The summed E-state index contributed by atoms with van der Waals surface area (Å²) in [5.74, 6) is 0.286. The molecule has 2 amide bonds. The van der Waals surface area contributed by atoms with E-state index in [4.69, 9.17) is 9.47 Å². The zero-order chi connectivity index (χ0) is 18.1. The number of anilines is 1. The molecule has 0 bridgehead atoms. The molecule has 0 saturated heterocycles. The summed E-state index contributed by atoms with van der Waals surface area (Å²) in [7, 11) is 0. The van der Waals surface area contributed by atoms with Gasteiger partial charge in [0.05, 0.1) is 17.6 Å². The third-order valence-corrected chi connectivity index (χ3v) is 3.84. The van der Waals surface area contributed by atoms with E-state index in [9.17, 15) is 14.4 Å². The SMILES string of the molecule is O=C(CNC(=O)c1ccc2c(c1)OCO2)Nc1ccc2[nH]c(=O)[nH]c2c1. The molecule has 4 rings (SSSR count). The third kappa shape index (κ3) is 3.09. The lowest BCUT2D eigenvalue weighted by atomic mass is 10.2. The first-order chi connectivity index (χ1) is 12.6. The van der Waals surface area contributed by atoms with Crippen molar-refractivity contribution in [3.8, 4) is 11.5 Å². The predicted molar refractivity (Wildman–Crippen MR) is 92.4 cm³/mol. The van der Waals surface area contributed by atoms with Crippen molar-refractivity contribution in [2.24, 2.45) is 0 Å².